The molecule has 0 aromatic carbocycles. The third-order valence-electron chi connectivity index (χ3n) is 3.18. The highest BCUT2D eigenvalue weighted by atomic mass is 15.2. The third kappa shape index (κ3) is 4.61. The van der Waals surface area contributed by atoms with E-state index >= 15 is 0 Å². The van der Waals surface area contributed by atoms with Crippen molar-refractivity contribution >= 4 is 5.82 Å². The molecule has 1 atom stereocenters. The van der Waals surface area contributed by atoms with Gasteiger partial charge in [0.2, 0.25) is 0 Å². The van der Waals surface area contributed by atoms with E-state index < -0.39 is 0 Å². The summed E-state index contributed by atoms with van der Waals surface area (Å²) >= 11 is 0. The van der Waals surface area contributed by atoms with E-state index in [1.807, 2.05) is 12.4 Å². The van der Waals surface area contributed by atoms with E-state index in [2.05, 4.69) is 47.9 Å². The van der Waals surface area contributed by atoms with Crippen LogP contribution in [0.2, 0.25) is 0 Å². The van der Waals surface area contributed by atoms with E-state index in [9.17, 15) is 0 Å². The molecule has 102 valence electrons. The maximum atomic E-state index is 4.51. The van der Waals surface area contributed by atoms with Crippen LogP contribution in [-0.2, 0) is 6.54 Å². The monoisotopic (exact) mass is 250 g/mol. The summed E-state index contributed by atoms with van der Waals surface area (Å²) < 4.78 is 0. The Morgan fingerprint density at radius 2 is 2.00 bits per heavy atom. The van der Waals surface area contributed by atoms with Crippen molar-refractivity contribution in [1.82, 2.24) is 15.3 Å². The van der Waals surface area contributed by atoms with E-state index in [0.29, 0.717) is 5.92 Å². The summed E-state index contributed by atoms with van der Waals surface area (Å²) in [6.07, 6.45) is 4.96. The van der Waals surface area contributed by atoms with Crippen LogP contribution in [0.1, 0.15) is 39.8 Å². The first kappa shape index (κ1) is 14.9. The van der Waals surface area contributed by atoms with Gasteiger partial charge < -0.3 is 10.2 Å². The Bertz CT molecular complexity index is 323. The van der Waals surface area contributed by atoms with Gasteiger partial charge in [-0.1, -0.05) is 27.2 Å². The molecule has 4 heteroatoms. The number of hydrogen-bond acceptors (Lipinski definition) is 4. The van der Waals surface area contributed by atoms with Gasteiger partial charge in [0.1, 0.15) is 5.82 Å². The summed E-state index contributed by atoms with van der Waals surface area (Å²) in [6, 6.07) is 0. The minimum atomic E-state index is 0.688. The Morgan fingerprint density at radius 3 is 2.50 bits per heavy atom. The van der Waals surface area contributed by atoms with Crippen molar-refractivity contribution in [2.24, 2.45) is 5.92 Å². The number of rotatable bonds is 8. The van der Waals surface area contributed by atoms with E-state index in [0.717, 1.165) is 37.7 Å². The molecular formula is C14H26N4. The Labute approximate surface area is 111 Å². The van der Waals surface area contributed by atoms with Gasteiger partial charge >= 0.3 is 0 Å². The van der Waals surface area contributed by atoms with Crippen molar-refractivity contribution in [1.29, 1.82) is 0 Å². The fraction of sp³-hybridized carbons (Fsp3) is 0.714. The van der Waals surface area contributed by atoms with E-state index in [1.165, 1.54) is 6.42 Å². The van der Waals surface area contributed by atoms with Gasteiger partial charge in [-0.15, -0.1) is 0 Å². The maximum absolute atomic E-state index is 4.51. The minimum absolute atomic E-state index is 0.688. The Kier molecular flexibility index (Phi) is 6.65. The second-order valence-electron chi connectivity index (χ2n) is 4.70. The van der Waals surface area contributed by atoms with Crippen LogP contribution in [0, 0.1) is 5.92 Å². The van der Waals surface area contributed by atoms with Crippen LogP contribution in [0.4, 0.5) is 5.82 Å². The molecule has 0 aliphatic carbocycles. The lowest BCUT2D eigenvalue weighted by Gasteiger charge is -2.24. The zero-order valence-corrected chi connectivity index (χ0v) is 12.1. The number of aromatic nitrogens is 2. The molecule has 0 spiro atoms. The molecule has 1 aromatic heterocycles. The largest absolute Gasteiger partial charge is 0.355 e. The average molecular weight is 250 g/mol. The Balaban J connectivity index is 2.63. The summed E-state index contributed by atoms with van der Waals surface area (Å²) in [5.74, 6) is 1.67. The quantitative estimate of drug-likeness (QED) is 0.769. The van der Waals surface area contributed by atoms with Crippen molar-refractivity contribution in [3.8, 4) is 0 Å². The van der Waals surface area contributed by atoms with Gasteiger partial charge in [0.15, 0.2) is 0 Å². The molecule has 0 amide bonds. The molecule has 0 fully saturated rings. The Hall–Kier alpha value is -1.16. The molecule has 0 bridgehead atoms. The molecule has 0 aliphatic heterocycles. The topological polar surface area (TPSA) is 41.1 Å². The summed E-state index contributed by atoms with van der Waals surface area (Å²) in [6.45, 7) is 12.5. The highest BCUT2D eigenvalue weighted by Gasteiger charge is 2.09. The third-order valence-corrected chi connectivity index (χ3v) is 3.18. The lowest BCUT2D eigenvalue weighted by Crippen LogP contribution is -2.29. The van der Waals surface area contributed by atoms with Gasteiger partial charge in [-0.05, 0) is 19.4 Å². The molecule has 1 heterocycles. The smallest absolute Gasteiger partial charge is 0.147 e. The van der Waals surface area contributed by atoms with E-state index in [-0.39, 0.29) is 0 Å². The van der Waals surface area contributed by atoms with E-state index in [1.54, 1.807) is 0 Å². The second kappa shape index (κ2) is 8.03. The van der Waals surface area contributed by atoms with Crippen LogP contribution >= 0.6 is 0 Å². The van der Waals surface area contributed by atoms with Crippen LogP contribution in [-0.4, -0.2) is 29.6 Å². The molecule has 0 radical (unpaired) electrons. The summed E-state index contributed by atoms with van der Waals surface area (Å²) in [4.78, 5) is 11.3. The molecule has 1 rings (SSSR count). The minimum Gasteiger partial charge on any atom is -0.355 e. The molecule has 0 saturated heterocycles. The average Bonchev–Trinajstić information content (AvgIpc) is 2.42. The van der Waals surface area contributed by atoms with Crippen LogP contribution in [0.5, 0.6) is 0 Å². The fourth-order valence-electron chi connectivity index (χ4n) is 1.75. The molecule has 1 N–H and O–H groups in total. The van der Waals surface area contributed by atoms with Crippen LogP contribution < -0.4 is 10.2 Å². The van der Waals surface area contributed by atoms with Crippen molar-refractivity contribution in [3.63, 3.8) is 0 Å². The number of anilines is 1. The van der Waals surface area contributed by atoms with Crippen LogP contribution in [0.15, 0.2) is 12.4 Å². The molecule has 1 unspecified atom stereocenters. The zero-order valence-electron chi connectivity index (χ0n) is 12.1. The maximum Gasteiger partial charge on any atom is 0.147 e. The highest BCUT2D eigenvalue weighted by Crippen LogP contribution is 2.12. The lowest BCUT2D eigenvalue weighted by atomic mass is 10.1. The molecule has 0 aliphatic rings. The lowest BCUT2D eigenvalue weighted by molar-refractivity contribution is 0.545. The molecule has 18 heavy (non-hydrogen) atoms. The summed E-state index contributed by atoms with van der Waals surface area (Å²) in [5.41, 5.74) is 1.00. The first-order chi connectivity index (χ1) is 8.71. The van der Waals surface area contributed by atoms with Crippen molar-refractivity contribution in [2.75, 3.05) is 24.5 Å². The predicted molar refractivity (Wildman–Crippen MR) is 76.8 cm³/mol. The second-order valence-corrected chi connectivity index (χ2v) is 4.70. The first-order valence-corrected chi connectivity index (χ1v) is 6.97. The SMILES string of the molecule is CCNCc1cnc(N(CC)CC(C)CC)cn1. The van der Waals surface area contributed by atoms with Crippen LogP contribution in [0.25, 0.3) is 0 Å². The molecule has 1 aromatic rings. The molecule has 4 nitrogen and oxygen atoms in total. The van der Waals surface area contributed by atoms with Gasteiger partial charge in [-0.25, -0.2) is 4.98 Å². The summed E-state index contributed by atoms with van der Waals surface area (Å²) in [5, 5.41) is 3.25. The number of nitrogens with zero attached hydrogens (tertiary/aromatic N) is 3. The van der Waals surface area contributed by atoms with Crippen LogP contribution in [0.3, 0.4) is 0 Å². The highest BCUT2D eigenvalue weighted by molar-refractivity contribution is 5.35. The normalized spacial score (nSPS) is 12.4. The van der Waals surface area contributed by atoms with Gasteiger partial charge in [0.25, 0.3) is 0 Å². The fourth-order valence-corrected chi connectivity index (χ4v) is 1.75. The van der Waals surface area contributed by atoms with Gasteiger partial charge in [0.05, 0.1) is 18.1 Å². The molecule has 0 saturated carbocycles. The van der Waals surface area contributed by atoms with Crippen molar-refractivity contribution in [3.05, 3.63) is 18.1 Å². The summed E-state index contributed by atoms with van der Waals surface area (Å²) in [7, 11) is 0. The first-order valence-electron chi connectivity index (χ1n) is 6.97. The standard InChI is InChI=1S/C14H26N4/c1-5-12(4)11-18(7-3)14-10-16-13(9-17-14)8-15-6-2/h9-10,12,15H,5-8,11H2,1-4H3. The van der Waals surface area contributed by atoms with Crippen molar-refractivity contribution < 1.29 is 0 Å². The number of nitrogens with one attached hydrogen (secondary N) is 1. The van der Waals surface area contributed by atoms with Crippen molar-refractivity contribution in [2.45, 2.75) is 40.7 Å². The Morgan fingerprint density at radius 1 is 1.22 bits per heavy atom. The van der Waals surface area contributed by atoms with E-state index in [4.69, 9.17) is 0 Å². The van der Waals surface area contributed by atoms with Gasteiger partial charge in [-0.2, -0.15) is 0 Å². The van der Waals surface area contributed by atoms with Gasteiger partial charge in [-0.3, -0.25) is 4.98 Å². The zero-order chi connectivity index (χ0) is 13.4. The van der Waals surface area contributed by atoms with Gasteiger partial charge in [0, 0.05) is 19.6 Å². The predicted octanol–water partition coefficient (Wildman–Crippen LogP) is 2.46. The molecular weight excluding hydrogens is 224 g/mol. The number of hydrogen-bond donors (Lipinski definition) is 1.